The van der Waals surface area contributed by atoms with Crippen LogP contribution in [0.5, 0.6) is 0 Å². The first-order valence-electron chi connectivity index (χ1n) is 5.03. The molecule has 0 amide bonds. The van der Waals surface area contributed by atoms with E-state index in [4.69, 9.17) is 0 Å². The summed E-state index contributed by atoms with van der Waals surface area (Å²) in [7, 11) is -3.07. The molecule has 0 saturated heterocycles. The van der Waals surface area contributed by atoms with Crippen molar-refractivity contribution in [1.82, 2.24) is 5.32 Å². The molecular weight excluding hydrogens is 210 g/mol. The van der Waals surface area contributed by atoms with Crippen LogP contribution in [0.1, 0.15) is 18.9 Å². The van der Waals surface area contributed by atoms with E-state index >= 15 is 0 Å². The van der Waals surface area contributed by atoms with E-state index in [9.17, 15) is 8.42 Å². The smallest absolute Gasteiger partial charge is 0.175 e. The van der Waals surface area contributed by atoms with Gasteiger partial charge in [-0.25, -0.2) is 8.42 Å². The van der Waals surface area contributed by atoms with Crippen LogP contribution in [0.4, 0.5) is 0 Å². The van der Waals surface area contributed by atoms with E-state index < -0.39 is 9.84 Å². The second kappa shape index (κ2) is 5.28. The lowest BCUT2D eigenvalue weighted by Gasteiger charge is -2.04. The maximum atomic E-state index is 11.2. The van der Waals surface area contributed by atoms with Crippen molar-refractivity contribution in [3.05, 3.63) is 29.8 Å². The van der Waals surface area contributed by atoms with Crippen molar-refractivity contribution in [2.24, 2.45) is 0 Å². The van der Waals surface area contributed by atoms with Crippen molar-refractivity contribution in [2.75, 3.05) is 12.8 Å². The minimum absolute atomic E-state index is 0.377. The molecule has 0 aliphatic heterocycles. The van der Waals surface area contributed by atoms with E-state index in [2.05, 4.69) is 12.2 Å². The van der Waals surface area contributed by atoms with Gasteiger partial charge in [-0.05, 0) is 30.7 Å². The number of hydrogen-bond donors (Lipinski definition) is 1. The lowest BCUT2D eigenvalue weighted by molar-refractivity contribution is 0.601. The summed E-state index contributed by atoms with van der Waals surface area (Å²) >= 11 is 0. The van der Waals surface area contributed by atoms with Crippen molar-refractivity contribution in [2.45, 2.75) is 24.8 Å². The lowest BCUT2D eigenvalue weighted by atomic mass is 10.2. The second-order valence-electron chi connectivity index (χ2n) is 3.59. The third-order valence-corrected chi connectivity index (χ3v) is 3.24. The van der Waals surface area contributed by atoms with Gasteiger partial charge in [0.25, 0.3) is 0 Å². The lowest BCUT2D eigenvalue weighted by Crippen LogP contribution is -2.13. The highest BCUT2D eigenvalue weighted by Gasteiger charge is 2.05. The van der Waals surface area contributed by atoms with Gasteiger partial charge in [0, 0.05) is 12.8 Å². The molecule has 3 nitrogen and oxygen atoms in total. The zero-order valence-corrected chi connectivity index (χ0v) is 9.97. The molecule has 0 bridgehead atoms. The van der Waals surface area contributed by atoms with Crippen molar-refractivity contribution < 1.29 is 8.42 Å². The van der Waals surface area contributed by atoms with Gasteiger partial charge >= 0.3 is 0 Å². The van der Waals surface area contributed by atoms with E-state index in [-0.39, 0.29) is 0 Å². The standard InChI is InChI=1S/C11H17NO2S/c1-3-8-12-9-10-4-6-11(7-5-10)15(2,13)14/h4-7,12H,3,8-9H2,1-2H3. The molecule has 0 unspecified atom stereocenters. The first kappa shape index (κ1) is 12.2. The van der Waals surface area contributed by atoms with Gasteiger partial charge in [0.15, 0.2) is 9.84 Å². The second-order valence-corrected chi connectivity index (χ2v) is 5.61. The van der Waals surface area contributed by atoms with Gasteiger partial charge in [-0.3, -0.25) is 0 Å². The molecule has 1 aromatic carbocycles. The van der Waals surface area contributed by atoms with Crippen LogP contribution < -0.4 is 5.32 Å². The summed E-state index contributed by atoms with van der Waals surface area (Å²) in [5.74, 6) is 0. The maximum absolute atomic E-state index is 11.2. The molecule has 1 N–H and O–H groups in total. The Kier molecular flexibility index (Phi) is 4.29. The quantitative estimate of drug-likeness (QED) is 0.777. The Hall–Kier alpha value is -0.870. The molecule has 0 aromatic heterocycles. The molecule has 0 radical (unpaired) electrons. The largest absolute Gasteiger partial charge is 0.313 e. The van der Waals surface area contributed by atoms with Crippen LogP contribution in [0, 0.1) is 0 Å². The molecule has 15 heavy (non-hydrogen) atoms. The van der Waals surface area contributed by atoms with Crippen LogP contribution in [0.15, 0.2) is 29.2 Å². The summed E-state index contributed by atoms with van der Waals surface area (Å²) in [5, 5.41) is 3.26. The molecule has 0 spiro atoms. The zero-order valence-electron chi connectivity index (χ0n) is 9.16. The molecule has 4 heteroatoms. The predicted molar refractivity (Wildman–Crippen MR) is 61.5 cm³/mol. The molecule has 0 atom stereocenters. The third kappa shape index (κ3) is 4.01. The van der Waals surface area contributed by atoms with Crippen LogP contribution in [0.25, 0.3) is 0 Å². The van der Waals surface area contributed by atoms with E-state index in [1.54, 1.807) is 12.1 Å². The minimum atomic E-state index is -3.07. The molecule has 84 valence electrons. The van der Waals surface area contributed by atoms with Crippen molar-refractivity contribution in [3.63, 3.8) is 0 Å². The summed E-state index contributed by atoms with van der Waals surface area (Å²) in [5.41, 5.74) is 1.11. The molecule has 0 saturated carbocycles. The Balaban J connectivity index is 2.65. The molecular formula is C11H17NO2S. The fourth-order valence-electron chi connectivity index (χ4n) is 1.26. The summed E-state index contributed by atoms with van der Waals surface area (Å²) in [6.45, 7) is 3.88. The van der Waals surface area contributed by atoms with E-state index in [1.165, 1.54) is 6.26 Å². The maximum Gasteiger partial charge on any atom is 0.175 e. The van der Waals surface area contributed by atoms with Gasteiger partial charge in [0.1, 0.15) is 0 Å². The summed E-state index contributed by atoms with van der Waals surface area (Å²) in [6, 6.07) is 6.99. The van der Waals surface area contributed by atoms with Gasteiger partial charge in [-0.2, -0.15) is 0 Å². The van der Waals surface area contributed by atoms with Crippen LogP contribution in [0.3, 0.4) is 0 Å². The molecule has 1 rings (SSSR count). The number of sulfone groups is 1. The van der Waals surface area contributed by atoms with Crippen molar-refractivity contribution >= 4 is 9.84 Å². The van der Waals surface area contributed by atoms with Gasteiger partial charge in [0.05, 0.1) is 4.90 Å². The van der Waals surface area contributed by atoms with Crippen LogP contribution in [-0.2, 0) is 16.4 Å². The Morgan fingerprint density at radius 1 is 1.20 bits per heavy atom. The molecule has 0 aliphatic rings. The Morgan fingerprint density at radius 2 is 1.80 bits per heavy atom. The van der Waals surface area contributed by atoms with Crippen molar-refractivity contribution in [1.29, 1.82) is 0 Å². The Bertz CT molecular complexity index is 395. The highest BCUT2D eigenvalue weighted by Crippen LogP contribution is 2.09. The SMILES string of the molecule is CCCNCc1ccc(S(C)(=O)=O)cc1. The highest BCUT2D eigenvalue weighted by molar-refractivity contribution is 7.90. The topological polar surface area (TPSA) is 46.2 Å². The normalized spacial score (nSPS) is 11.6. The molecule has 0 fully saturated rings. The van der Waals surface area contributed by atoms with Gasteiger partial charge < -0.3 is 5.32 Å². The van der Waals surface area contributed by atoms with Crippen LogP contribution >= 0.6 is 0 Å². The fourth-order valence-corrected chi connectivity index (χ4v) is 1.89. The predicted octanol–water partition coefficient (Wildman–Crippen LogP) is 1.59. The first-order valence-corrected chi connectivity index (χ1v) is 6.93. The van der Waals surface area contributed by atoms with Crippen LogP contribution in [0.2, 0.25) is 0 Å². The third-order valence-electron chi connectivity index (χ3n) is 2.11. The number of nitrogens with one attached hydrogen (secondary N) is 1. The minimum Gasteiger partial charge on any atom is -0.313 e. The monoisotopic (exact) mass is 227 g/mol. The Labute approximate surface area is 91.4 Å². The highest BCUT2D eigenvalue weighted by atomic mass is 32.2. The fraction of sp³-hybridized carbons (Fsp3) is 0.455. The number of hydrogen-bond acceptors (Lipinski definition) is 3. The van der Waals surface area contributed by atoms with E-state index in [0.29, 0.717) is 4.90 Å². The van der Waals surface area contributed by atoms with E-state index in [0.717, 1.165) is 25.1 Å². The number of benzene rings is 1. The zero-order chi connectivity index (χ0) is 11.3. The van der Waals surface area contributed by atoms with Gasteiger partial charge in [-0.1, -0.05) is 19.1 Å². The van der Waals surface area contributed by atoms with Crippen molar-refractivity contribution in [3.8, 4) is 0 Å². The summed E-state index contributed by atoms with van der Waals surface area (Å²) in [4.78, 5) is 0.377. The van der Waals surface area contributed by atoms with E-state index in [1.807, 2.05) is 12.1 Å². The molecule has 0 aliphatic carbocycles. The first-order chi connectivity index (χ1) is 7.04. The number of rotatable bonds is 5. The average molecular weight is 227 g/mol. The Morgan fingerprint density at radius 3 is 2.27 bits per heavy atom. The molecule has 1 aromatic rings. The van der Waals surface area contributed by atoms with Gasteiger partial charge in [-0.15, -0.1) is 0 Å². The summed E-state index contributed by atoms with van der Waals surface area (Å²) < 4.78 is 22.4. The van der Waals surface area contributed by atoms with Crippen LogP contribution in [-0.4, -0.2) is 21.2 Å². The van der Waals surface area contributed by atoms with Gasteiger partial charge in [0.2, 0.25) is 0 Å². The average Bonchev–Trinajstić information content (AvgIpc) is 2.18. The summed E-state index contributed by atoms with van der Waals surface area (Å²) in [6.07, 6.45) is 2.32. The molecule has 0 heterocycles.